The summed E-state index contributed by atoms with van der Waals surface area (Å²) in [6.45, 7) is 7.18. The highest BCUT2D eigenvalue weighted by molar-refractivity contribution is 6.30. The number of aromatic carboxylic acids is 1. The normalized spacial score (nSPS) is 16.9. The second-order valence-electron chi connectivity index (χ2n) is 19.4. The standard InChI is InChI=1S/C56H52ClN5O7/c1-32-42(43-30-38(68-2)16-18-47(43)62(32)55(65)33-11-14-37(57)15-12-33)31-48(63)58-23-25-61(26-24-58)54(64)36-13-17-39(56(66)67)44(29-36)49-45-27-34-7-3-19-59-21-5-9-40(50(34)59)52(45)69-53-41-10-6-22-60-20-4-8-35(51(41)60)28-46(49)53/h11-18,27-30H,3-10,19-26,31H2,1-2H3/p+1. The molecular formula is C56H53ClN5O7+. The number of hydrogen-bond acceptors (Lipinski definition) is 7. The Bertz CT molecular complexity index is 3360. The molecule has 0 radical (unpaired) electrons. The molecule has 6 aromatic rings. The number of fused-ring (bicyclic) bond motifs is 5. The van der Waals surface area contributed by atoms with Crippen LogP contribution in [0.4, 0.5) is 5.69 Å². The Hall–Kier alpha value is -6.92. The first-order valence-corrected chi connectivity index (χ1v) is 24.8. The molecule has 6 aliphatic rings. The van der Waals surface area contributed by atoms with Gasteiger partial charge in [-0.25, -0.2) is 9.37 Å². The van der Waals surface area contributed by atoms with Crippen LogP contribution in [0.2, 0.25) is 5.02 Å². The van der Waals surface area contributed by atoms with Crippen molar-refractivity contribution in [3.05, 3.63) is 150 Å². The molecule has 0 atom stereocenters. The van der Waals surface area contributed by atoms with Gasteiger partial charge in [-0.1, -0.05) is 11.6 Å². The number of hydrogen-bond donors (Lipinski definition) is 1. The second-order valence-corrected chi connectivity index (χ2v) is 19.8. The molecule has 7 heterocycles. The average molecular weight is 944 g/mol. The van der Waals surface area contributed by atoms with E-state index in [9.17, 15) is 24.3 Å². The van der Waals surface area contributed by atoms with Gasteiger partial charge in [0.25, 0.3) is 11.8 Å². The monoisotopic (exact) mass is 942 g/mol. The van der Waals surface area contributed by atoms with Crippen LogP contribution < -0.4 is 29.5 Å². The summed E-state index contributed by atoms with van der Waals surface area (Å²) in [6, 6.07) is 21.8. The van der Waals surface area contributed by atoms with E-state index in [-0.39, 0.29) is 29.7 Å². The fourth-order valence-corrected chi connectivity index (χ4v) is 12.4. The van der Waals surface area contributed by atoms with Crippen molar-refractivity contribution in [1.29, 1.82) is 0 Å². The van der Waals surface area contributed by atoms with Crippen LogP contribution in [0, 0.1) is 6.92 Å². The molecule has 6 aliphatic heterocycles. The van der Waals surface area contributed by atoms with Crippen LogP contribution in [-0.2, 0) is 36.9 Å². The molecule has 1 saturated heterocycles. The van der Waals surface area contributed by atoms with Gasteiger partial charge in [-0.2, -0.15) is 0 Å². The van der Waals surface area contributed by atoms with Crippen molar-refractivity contribution in [3.63, 3.8) is 0 Å². The van der Waals surface area contributed by atoms with E-state index in [2.05, 4.69) is 21.6 Å². The van der Waals surface area contributed by atoms with E-state index in [1.165, 1.54) is 33.3 Å². The molecule has 0 spiro atoms. The number of carbonyl (C=O) groups is 4. The van der Waals surface area contributed by atoms with Crippen LogP contribution in [0.3, 0.4) is 0 Å². The Morgan fingerprint density at radius 1 is 0.725 bits per heavy atom. The van der Waals surface area contributed by atoms with Gasteiger partial charge in [0.1, 0.15) is 30.3 Å². The van der Waals surface area contributed by atoms with Crippen molar-refractivity contribution in [2.75, 3.05) is 64.4 Å². The van der Waals surface area contributed by atoms with E-state index < -0.39 is 5.97 Å². The summed E-state index contributed by atoms with van der Waals surface area (Å²) in [6.07, 6.45) is 7.87. The van der Waals surface area contributed by atoms with Crippen molar-refractivity contribution < 1.29 is 33.8 Å². The minimum Gasteiger partial charge on any atom is -0.497 e. The number of carbonyl (C=O) groups excluding carboxylic acids is 3. The number of methoxy groups -OCH3 is 1. The van der Waals surface area contributed by atoms with Gasteiger partial charge < -0.3 is 29.3 Å². The Morgan fingerprint density at radius 3 is 2.20 bits per heavy atom. The molecule has 2 amide bonds. The van der Waals surface area contributed by atoms with Gasteiger partial charge in [-0.05, 0) is 135 Å². The van der Waals surface area contributed by atoms with E-state index in [1.807, 2.05) is 19.1 Å². The molecule has 1 fully saturated rings. The van der Waals surface area contributed by atoms with E-state index in [4.69, 9.17) is 21.1 Å². The second kappa shape index (κ2) is 16.9. The van der Waals surface area contributed by atoms with Gasteiger partial charge in [-0.15, -0.1) is 0 Å². The average Bonchev–Trinajstić information content (AvgIpc) is 3.64. The highest BCUT2D eigenvalue weighted by atomic mass is 35.5. The van der Waals surface area contributed by atoms with Crippen molar-refractivity contribution >= 4 is 57.5 Å². The number of benzene rings is 5. The van der Waals surface area contributed by atoms with Gasteiger partial charge in [0.15, 0.2) is 0 Å². The van der Waals surface area contributed by atoms with Crippen LogP contribution in [0.5, 0.6) is 17.2 Å². The van der Waals surface area contributed by atoms with Gasteiger partial charge in [0.2, 0.25) is 11.3 Å². The van der Waals surface area contributed by atoms with Crippen molar-refractivity contribution in [2.24, 2.45) is 0 Å². The fraction of sp³-hybridized carbons (Fsp3) is 0.339. The molecular weight excluding hydrogens is 890 g/mol. The molecule has 1 N–H and O–H groups in total. The van der Waals surface area contributed by atoms with E-state index >= 15 is 0 Å². The number of rotatable bonds is 7. The summed E-state index contributed by atoms with van der Waals surface area (Å²) in [4.78, 5) is 62.2. The van der Waals surface area contributed by atoms with Crippen LogP contribution in [0.15, 0.2) is 72.8 Å². The van der Waals surface area contributed by atoms with Crippen molar-refractivity contribution in [1.82, 2.24) is 18.9 Å². The summed E-state index contributed by atoms with van der Waals surface area (Å²) in [5.41, 5.74) is 11.6. The van der Waals surface area contributed by atoms with Crippen LogP contribution >= 0.6 is 11.6 Å². The molecule has 13 heteroatoms. The number of amides is 2. The van der Waals surface area contributed by atoms with Gasteiger partial charge in [0.05, 0.1) is 30.2 Å². The number of carboxylic acids is 1. The zero-order valence-corrected chi connectivity index (χ0v) is 39.7. The summed E-state index contributed by atoms with van der Waals surface area (Å²) < 4.78 is 16.9. The number of aromatic nitrogens is 1. The van der Waals surface area contributed by atoms with Crippen molar-refractivity contribution in [2.45, 2.75) is 64.7 Å². The summed E-state index contributed by atoms with van der Waals surface area (Å²) in [5, 5.41) is 14.4. The minimum atomic E-state index is -1.06. The van der Waals surface area contributed by atoms with Crippen molar-refractivity contribution in [3.8, 4) is 17.2 Å². The van der Waals surface area contributed by atoms with Crippen LogP contribution in [-0.4, -0.2) is 103 Å². The predicted octanol–water partition coefficient (Wildman–Crippen LogP) is 6.96. The molecule has 0 bridgehead atoms. The summed E-state index contributed by atoms with van der Waals surface area (Å²) in [7, 11) is 1.59. The molecule has 350 valence electrons. The molecule has 0 aliphatic carbocycles. The first kappa shape index (κ1) is 43.4. The van der Waals surface area contributed by atoms with Gasteiger partial charge in [0, 0.05) is 113 Å². The third-order valence-corrected chi connectivity index (χ3v) is 15.8. The maximum atomic E-state index is 14.7. The number of aryl methyl sites for hydroxylation is 2. The zero-order valence-electron chi connectivity index (χ0n) is 39.0. The van der Waals surface area contributed by atoms with Crippen LogP contribution in [0.25, 0.3) is 16.5 Å². The third-order valence-electron chi connectivity index (χ3n) is 15.5. The first-order valence-electron chi connectivity index (χ1n) is 24.4. The third kappa shape index (κ3) is 7.12. The summed E-state index contributed by atoms with van der Waals surface area (Å²) >= 11 is 6.14. The fourth-order valence-electron chi connectivity index (χ4n) is 12.3. The number of ether oxygens (including phenoxy) is 2. The number of nitrogens with zero attached hydrogens (tertiary/aromatic N) is 5. The maximum absolute atomic E-state index is 14.7. The highest BCUT2D eigenvalue weighted by Crippen LogP contribution is 2.49. The molecule has 0 saturated carbocycles. The maximum Gasteiger partial charge on any atom is 0.336 e. The topological polar surface area (TPSA) is 125 Å². The quantitative estimate of drug-likeness (QED) is 0.170. The smallest absolute Gasteiger partial charge is 0.336 e. The first-order chi connectivity index (χ1) is 33.6. The number of piperazine rings is 1. The molecule has 12 nitrogen and oxygen atoms in total. The summed E-state index contributed by atoms with van der Waals surface area (Å²) in [5.74, 6) is 0.658. The molecule has 12 rings (SSSR count). The zero-order chi connectivity index (χ0) is 47.2. The number of halogens is 1. The molecule has 0 unspecified atom stereocenters. The molecule has 69 heavy (non-hydrogen) atoms. The van der Waals surface area contributed by atoms with Gasteiger partial charge >= 0.3 is 5.97 Å². The SMILES string of the molecule is COc1ccc2c(c1)c(CC(=O)N1CCN(C(=O)c3ccc(C(=O)O)c(C4=c5cc6c7c(c5Oc5c4cc4c8c5CCCN8CCC4)CCC[N+]=7CCC6)c3)CC1)c(C)n2C(=O)c1ccc(Cl)cc1. The Kier molecular flexibility index (Phi) is 10.6. The lowest BCUT2D eigenvalue weighted by atomic mass is 9.81. The van der Waals surface area contributed by atoms with E-state index in [0.717, 1.165) is 116 Å². The lowest BCUT2D eigenvalue weighted by Gasteiger charge is -2.39. The predicted molar refractivity (Wildman–Crippen MR) is 264 cm³/mol. The largest absolute Gasteiger partial charge is 0.497 e. The minimum absolute atomic E-state index is 0.0571. The number of carboxylic acid groups (broad SMARTS) is 1. The van der Waals surface area contributed by atoms with Crippen LogP contribution in [0.1, 0.15) is 101 Å². The lowest BCUT2D eigenvalue weighted by Crippen LogP contribution is -2.51. The molecule has 1 aromatic heterocycles. The Labute approximate surface area is 404 Å². The van der Waals surface area contributed by atoms with Gasteiger partial charge in [-0.3, -0.25) is 19.0 Å². The Morgan fingerprint density at radius 2 is 1.43 bits per heavy atom. The lowest BCUT2D eigenvalue weighted by molar-refractivity contribution is -0.131. The van der Waals surface area contributed by atoms with E-state index in [1.54, 1.807) is 70.0 Å². The Balaban J connectivity index is 0.880. The highest BCUT2D eigenvalue weighted by Gasteiger charge is 2.37. The number of anilines is 1. The van der Waals surface area contributed by atoms with E-state index in [0.29, 0.717) is 64.9 Å². The molecule has 5 aromatic carbocycles.